The first-order chi connectivity index (χ1) is 9.88. The molecule has 0 unspecified atom stereocenters. The molecule has 0 aliphatic rings. The summed E-state index contributed by atoms with van der Waals surface area (Å²) in [5.41, 5.74) is 4.96. The van der Waals surface area contributed by atoms with Crippen LogP contribution < -0.4 is 22.2 Å². The fourth-order valence-electron chi connectivity index (χ4n) is 1.71. The quantitative estimate of drug-likeness (QED) is 0.634. The normalized spacial score (nSPS) is 10.4. The third-order valence-electron chi connectivity index (χ3n) is 2.84. The lowest BCUT2D eigenvalue weighted by Gasteiger charge is -2.09. The molecule has 0 spiro atoms. The van der Waals surface area contributed by atoms with Gasteiger partial charge in [0.1, 0.15) is 6.54 Å². The molecule has 2 rings (SSSR count). The Bertz CT molecular complexity index is 810. The minimum Gasteiger partial charge on any atom is -0.397 e. The van der Waals surface area contributed by atoms with Crippen molar-refractivity contribution in [3.8, 4) is 0 Å². The van der Waals surface area contributed by atoms with E-state index in [0.29, 0.717) is 16.4 Å². The van der Waals surface area contributed by atoms with Gasteiger partial charge in [-0.15, -0.1) is 0 Å². The Kier molecular flexibility index (Phi) is 4.13. The first kappa shape index (κ1) is 14.9. The van der Waals surface area contributed by atoms with Crippen LogP contribution in [0.2, 0.25) is 5.02 Å². The van der Waals surface area contributed by atoms with E-state index < -0.39 is 17.0 Å². The summed E-state index contributed by atoms with van der Waals surface area (Å²) in [6, 6.07) is 4.64. The fourth-order valence-corrected chi connectivity index (χ4v) is 1.89. The summed E-state index contributed by atoms with van der Waals surface area (Å²) in [6.45, 7) is -0.281. The highest BCUT2D eigenvalue weighted by atomic mass is 35.5. The van der Waals surface area contributed by atoms with Gasteiger partial charge < -0.3 is 15.6 Å². The molecule has 21 heavy (non-hydrogen) atoms. The van der Waals surface area contributed by atoms with E-state index in [9.17, 15) is 14.4 Å². The maximum absolute atomic E-state index is 11.9. The number of nitrogens with one attached hydrogen (secondary N) is 1. The molecule has 0 saturated carbocycles. The summed E-state index contributed by atoms with van der Waals surface area (Å²) >= 11 is 5.76. The van der Waals surface area contributed by atoms with Crippen LogP contribution in [0.4, 0.5) is 11.4 Å². The molecular formula is C13H13ClN4O3. The second-order valence-electron chi connectivity index (χ2n) is 4.43. The number of nitrogens with zero attached hydrogens (tertiary/aromatic N) is 2. The lowest BCUT2D eigenvalue weighted by atomic mass is 10.2. The Morgan fingerprint density at radius 1 is 1.29 bits per heavy atom. The Balaban J connectivity index is 2.18. The largest absolute Gasteiger partial charge is 0.397 e. The number of nitrogens with two attached hydrogens (primary N) is 1. The van der Waals surface area contributed by atoms with Gasteiger partial charge in [0.05, 0.1) is 11.4 Å². The number of carbonyl (C=O) groups is 1. The van der Waals surface area contributed by atoms with E-state index in [2.05, 4.69) is 5.32 Å². The molecule has 3 N–H and O–H groups in total. The highest BCUT2D eigenvalue weighted by Crippen LogP contribution is 2.22. The highest BCUT2D eigenvalue weighted by molar-refractivity contribution is 6.31. The number of rotatable bonds is 3. The predicted molar refractivity (Wildman–Crippen MR) is 80.4 cm³/mol. The Hall–Kier alpha value is -2.54. The summed E-state index contributed by atoms with van der Waals surface area (Å²) < 4.78 is 2.18. The number of aryl methyl sites for hydroxylation is 1. The van der Waals surface area contributed by atoms with Crippen LogP contribution >= 0.6 is 11.6 Å². The Labute approximate surface area is 124 Å². The van der Waals surface area contributed by atoms with Crippen molar-refractivity contribution >= 4 is 28.9 Å². The van der Waals surface area contributed by atoms with E-state index in [4.69, 9.17) is 17.3 Å². The lowest BCUT2D eigenvalue weighted by molar-refractivity contribution is -0.116. The summed E-state index contributed by atoms with van der Waals surface area (Å²) in [5.74, 6) is -0.473. The first-order valence-electron chi connectivity index (χ1n) is 5.99. The molecule has 0 fully saturated rings. The van der Waals surface area contributed by atoms with Crippen LogP contribution in [-0.2, 0) is 18.4 Å². The van der Waals surface area contributed by atoms with Crippen molar-refractivity contribution in [3.63, 3.8) is 0 Å². The van der Waals surface area contributed by atoms with Crippen LogP contribution in [0.25, 0.3) is 0 Å². The standard InChI is InChI=1S/C13H13ClN4O3/c1-17-4-5-18(13(21)12(17)20)7-11(19)16-10-3-2-8(14)6-9(10)15/h2-6H,7,15H2,1H3,(H,16,19). The summed E-state index contributed by atoms with van der Waals surface area (Å²) in [4.78, 5) is 35.1. The minimum atomic E-state index is -0.765. The molecule has 110 valence electrons. The molecule has 0 aliphatic carbocycles. The SMILES string of the molecule is Cn1ccn(CC(=O)Nc2ccc(Cl)cc2N)c(=O)c1=O. The van der Waals surface area contributed by atoms with E-state index >= 15 is 0 Å². The van der Waals surface area contributed by atoms with Crippen LogP contribution in [0.15, 0.2) is 40.2 Å². The van der Waals surface area contributed by atoms with Gasteiger partial charge in [0.2, 0.25) is 5.91 Å². The summed E-state index contributed by atoms with van der Waals surface area (Å²) in [5, 5.41) is 3.01. The van der Waals surface area contributed by atoms with Crippen LogP contribution in [0, 0.1) is 0 Å². The molecule has 1 aromatic carbocycles. The van der Waals surface area contributed by atoms with Gasteiger partial charge in [0.25, 0.3) is 0 Å². The second kappa shape index (κ2) is 5.84. The van der Waals surface area contributed by atoms with Crippen molar-refractivity contribution in [1.82, 2.24) is 9.13 Å². The smallest absolute Gasteiger partial charge is 0.316 e. The van der Waals surface area contributed by atoms with Crippen LogP contribution in [-0.4, -0.2) is 15.0 Å². The molecule has 1 amide bonds. The van der Waals surface area contributed by atoms with Crippen molar-refractivity contribution < 1.29 is 4.79 Å². The van der Waals surface area contributed by atoms with Crippen molar-refractivity contribution in [2.45, 2.75) is 6.54 Å². The second-order valence-corrected chi connectivity index (χ2v) is 4.86. The topological polar surface area (TPSA) is 99.1 Å². The zero-order chi connectivity index (χ0) is 15.6. The third-order valence-corrected chi connectivity index (χ3v) is 3.07. The third kappa shape index (κ3) is 3.32. The van der Waals surface area contributed by atoms with Gasteiger partial charge in [0, 0.05) is 24.5 Å². The zero-order valence-electron chi connectivity index (χ0n) is 11.2. The van der Waals surface area contributed by atoms with E-state index in [0.717, 1.165) is 9.13 Å². The maximum Gasteiger partial charge on any atom is 0.316 e. The number of carbonyl (C=O) groups excluding carboxylic acids is 1. The number of nitrogen functional groups attached to an aromatic ring is 1. The number of benzene rings is 1. The molecule has 1 aromatic heterocycles. The van der Waals surface area contributed by atoms with E-state index in [-0.39, 0.29) is 6.54 Å². The summed E-state index contributed by atoms with van der Waals surface area (Å²) in [7, 11) is 1.46. The Morgan fingerprint density at radius 2 is 2.00 bits per heavy atom. The minimum absolute atomic E-state index is 0.281. The molecule has 1 heterocycles. The van der Waals surface area contributed by atoms with Crippen molar-refractivity contribution in [2.24, 2.45) is 7.05 Å². The van der Waals surface area contributed by atoms with E-state index in [1.54, 1.807) is 12.1 Å². The number of hydrogen-bond donors (Lipinski definition) is 2. The van der Waals surface area contributed by atoms with Crippen molar-refractivity contribution in [2.75, 3.05) is 11.1 Å². The Morgan fingerprint density at radius 3 is 2.67 bits per heavy atom. The van der Waals surface area contributed by atoms with Crippen LogP contribution in [0.5, 0.6) is 0 Å². The lowest BCUT2D eigenvalue weighted by Crippen LogP contribution is -2.41. The van der Waals surface area contributed by atoms with Gasteiger partial charge in [-0.2, -0.15) is 0 Å². The van der Waals surface area contributed by atoms with Gasteiger partial charge in [-0.1, -0.05) is 11.6 Å². The summed E-state index contributed by atoms with van der Waals surface area (Å²) in [6.07, 6.45) is 2.78. The molecule has 0 saturated heterocycles. The van der Waals surface area contributed by atoms with Crippen LogP contribution in [0.3, 0.4) is 0 Å². The molecule has 7 nitrogen and oxygen atoms in total. The number of hydrogen-bond acceptors (Lipinski definition) is 4. The molecule has 0 bridgehead atoms. The first-order valence-corrected chi connectivity index (χ1v) is 6.37. The predicted octanol–water partition coefficient (Wildman–Crippen LogP) is 0.421. The van der Waals surface area contributed by atoms with Gasteiger partial charge in [0.15, 0.2) is 0 Å². The molecular weight excluding hydrogens is 296 g/mol. The van der Waals surface area contributed by atoms with E-state index in [1.807, 2.05) is 0 Å². The van der Waals surface area contributed by atoms with Crippen LogP contribution in [0.1, 0.15) is 0 Å². The average Bonchev–Trinajstić information content (AvgIpc) is 2.43. The highest BCUT2D eigenvalue weighted by Gasteiger charge is 2.09. The zero-order valence-corrected chi connectivity index (χ0v) is 11.9. The maximum atomic E-state index is 11.9. The molecule has 0 atom stereocenters. The molecule has 0 aliphatic heterocycles. The number of halogens is 1. The molecule has 0 radical (unpaired) electrons. The van der Waals surface area contributed by atoms with Gasteiger partial charge in [-0.25, -0.2) is 0 Å². The van der Waals surface area contributed by atoms with E-state index in [1.165, 1.54) is 25.5 Å². The number of aromatic nitrogens is 2. The van der Waals surface area contributed by atoms with Crippen molar-refractivity contribution in [3.05, 3.63) is 56.3 Å². The number of anilines is 2. The average molecular weight is 309 g/mol. The number of amides is 1. The molecule has 8 heteroatoms. The van der Waals surface area contributed by atoms with Crippen molar-refractivity contribution in [1.29, 1.82) is 0 Å². The molecule has 2 aromatic rings. The van der Waals surface area contributed by atoms with Gasteiger partial charge in [-0.3, -0.25) is 19.0 Å². The fraction of sp³-hybridized carbons (Fsp3) is 0.154. The van der Waals surface area contributed by atoms with Gasteiger partial charge >= 0.3 is 11.1 Å². The monoisotopic (exact) mass is 308 g/mol. The van der Waals surface area contributed by atoms with Gasteiger partial charge in [-0.05, 0) is 18.2 Å².